The van der Waals surface area contributed by atoms with Crippen molar-refractivity contribution in [1.29, 1.82) is 0 Å². The number of anilines is 1. The van der Waals surface area contributed by atoms with Gasteiger partial charge in [-0.1, -0.05) is 5.92 Å². The molecule has 0 radical (unpaired) electrons. The number of carboxylic acids is 1. The second-order valence-electron chi connectivity index (χ2n) is 6.27. The van der Waals surface area contributed by atoms with Gasteiger partial charge in [0.2, 0.25) is 0 Å². The predicted molar refractivity (Wildman–Crippen MR) is 110 cm³/mol. The number of carbonyl (C=O) groups is 1. The van der Waals surface area contributed by atoms with Crippen molar-refractivity contribution in [2.24, 2.45) is 0 Å². The molecule has 0 bridgehead atoms. The summed E-state index contributed by atoms with van der Waals surface area (Å²) in [5.74, 6) is 3.41. The number of fused-ring (bicyclic) bond motifs is 1. The van der Waals surface area contributed by atoms with Crippen LogP contribution in [-0.2, 0) is 25.7 Å². The van der Waals surface area contributed by atoms with Crippen molar-refractivity contribution in [2.75, 3.05) is 11.3 Å². The highest BCUT2D eigenvalue weighted by Crippen LogP contribution is 2.30. The van der Waals surface area contributed by atoms with Gasteiger partial charge in [0.15, 0.2) is 6.10 Å². The molecule has 168 valence electrons. The lowest BCUT2D eigenvalue weighted by Gasteiger charge is -2.12. The topological polar surface area (TPSA) is 118 Å². The Bertz CT molecular complexity index is 1330. The lowest BCUT2D eigenvalue weighted by Crippen LogP contribution is -2.19. The summed E-state index contributed by atoms with van der Waals surface area (Å²) < 4.78 is 72.4. The third-order valence-corrected chi connectivity index (χ3v) is 6.16. The summed E-state index contributed by atoms with van der Waals surface area (Å²) in [5, 5.41) is 8.77. The molecule has 0 fully saturated rings. The Labute approximate surface area is 184 Å². The van der Waals surface area contributed by atoms with Gasteiger partial charge in [-0.25, -0.2) is 23.2 Å². The van der Waals surface area contributed by atoms with E-state index < -0.39 is 46.3 Å². The number of thiazole rings is 1. The molecule has 1 aromatic carbocycles. The molecular formula is C19H14F3N3O5S2. The van der Waals surface area contributed by atoms with Crippen molar-refractivity contribution in [3.63, 3.8) is 0 Å². The third kappa shape index (κ3) is 5.52. The fourth-order valence-electron chi connectivity index (χ4n) is 2.36. The number of carboxylic acid groups (broad SMARTS) is 1. The Balaban J connectivity index is 1.93. The fraction of sp³-hybridized carbons (Fsp3) is 0.211. The first-order chi connectivity index (χ1) is 15.0. The molecule has 8 nitrogen and oxygen atoms in total. The summed E-state index contributed by atoms with van der Waals surface area (Å²) in [4.78, 5) is 18.1. The first kappa shape index (κ1) is 23.5. The number of ether oxygens (including phenoxy) is 1. The zero-order chi connectivity index (χ0) is 23.5. The number of nitrogens with zero attached hydrogens (tertiary/aromatic N) is 2. The standard InChI is InChI=1S/C19H14F3N3O5S2/c1-11(18(26)27)30-8-2-3-13-14(6-7-17(24-13)19(20,21)22)25-32(28,29)12-4-5-15-16(9-12)31-10-23-15/h4-7,9-11,25H,8H2,1H3,(H,26,27). The number of halogens is 3. The summed E-state index contributed by atoms with van der Waals surface area (Å²) in [6.45, 7) is 0.839. The molecule has 2 heterocycles. The van der Waals surface area contributed by atoms with Crippen LogP contribution in [0.15, 0.2) is 40.7 Å². The van der Waals surface area contributed by atoms with E-state index in [1.54, 1.807) is 5.51 Å². The quantitative estimate of drug-likeness (QED) is 0.514. The fourth-order valence-corrected chi connectivity index (χ4v) is 4.24. The number of alkyl halides is 3. The van der Waals surface area contributed by atoms with Crippen LogP contribution in [0.5, 0.6) is 0 Å². The molecule has 2 aromatic heterocycles. The SMILES string of the molecule is CC(OCC#Cc1nc(C(F)(F)F)ccc1NS(=O)(=O)c1ccc2ncsc2c1)C(=O)O. The van der Waals surface area contributed by atoms with Gasteiger partial charge in [-0.15, -0.1) is 11.3 Å². The summed E-state index contributed by atoms with van der Waals surface area (Å²) in [6, 6.07) is 5.74. The average Bonchev–Trinajstić information content (AvgIpc) is 3.18. The molecule has 0 saturated carbocycles. The second-order valence-corrected chi connectivity index (χ2v) is 8.84. The largest absolute Gasteiger partial charge is 0.479 e. The molecule has 0 saturated heterocycles. The van der Waals surface area contributed by atoms with Gasteiger partial charge in [0, 0.05) is 0 Å². The molecule has 32 heavy (non-hydrogen) atoms. The van der Waals surface area contributed by atoms with Crippen molar-refractivity contribution in [3.05, 3.63) is 47.2 Å². The zero-order valence-electron chi connectivity index (χ0n) is 16.2. The minimum absolute atomic E-state index is 0.119. The van der Waals surface area contributed by atoms with Crippen molar-refractivity contribution >= 4 is 43.2 Å². The Hall–Kier alpha value is -3.21. The van der Waals surface area contributed by atoms with Gasteiger partial charge < -0.3 is 9.84 Å². The molecule has 3 aromatic rings. The highest BCUT2D eigenvalue weighted by molar-refractivity contribution is 7.92. The Morgan fingerprint density at radius 2 is 2.06 bits per heavy atom. The van der Waals surface area contributed by atoms with Gasteiger partial charge >= 0.3 is 12.1 Å². The molecule has 1 atom stereocenters. The maximum atomic E-state index is 13.1. The molecule has 0 aliphatic heterocycles. The predicted octanol–water partition coefficient (Wildman–Crippen LogP) is 3.35. The van der Waals surface area contributed by atoms with Crippen molar-refractivity contribution in [2.45, 2.75) is 24.1 Å². The zero-order valence-corrected chi connectivity index (χ0v) is 17.8. The number of hydrogen-bond acceptors (Lipinski definition) is 7. The minimum Gasteiger partial charge on any atom is -0.479 e. The van der Waals surface area contributed by atoms with Crippen LogP contribution in [0.25, 0.3) is 10.2 Å². The molecule has 0 aliphatic carbocycles. The van der Waals surface area contributed by atoms with E-state index in [1.807, 2.05) is 0 Å². The number of rotatable bonds is 6. The van der Waals surface area contributed by atoms with Crippen LogP contribution in [0, 0.1) is 11.8 Å². The van der Waals surface area contributed by atoms with Crippen molar-refractivity contribution in [1.82, 2.24) is 9.97 Å². The first-order valence-corrected chi connectivity index (χ1v) is 11.1. The van der Waals surface area contributed by atoms with Crippen LogP contribution in [0.3, 0.4) is 0 Å². The van der Waals surface area contributed by atoms with Gasteiger partial charge in [0.25, 0.3) is 10.0 Å². The van der Waals surface area contributed by atoms with E-state index in [0.29, 0.717) is 16.3 Å². The summed E-state index contributed by atoms with van der Waals surface area (Å²) in [6.07, 6.45) is -5.96. The number of aromatic nitrogens is 2. The average molecular weight is 485 g/mol. The highest BCUT2D eigenvalue weighted by Gasteiger charge is 2.33. The highest BCUT2D eigenvalue weighted by atomic mass is 32.2. The third-order valence-electron chi connectivity index (χ3n) is 4.00. The van der Waals surface area contributed by atoms with E-state index in [4.69, 9.17) is 9.84 Å². The molecule has 0 spiro atoms. The van der Waals surface area contributed by atoms with Crippen LogP contribution >= 0.6 is 11.3 Å². The number of aliphatic carboxylic acids is 1. The van der Waals surface area contributed by atoms with Crippen molar-refractivity contribution in [3.8, 4) is 11.8 Å². The second kappa shape index (κ2) is 9.11. The smallest absolute Gasteiger partial charge is 0.433 e. The van der Waals surface area contributed by atoms with E-state index in [-0.39, 0.29) is 10.6 Å². The van der Waals surface area contributed by atoms with Gasteiger partial charge in [0.05, 0.1) is 26.3 Å². The summed E-state index contributed by atoms with van der Waals surface area (Å²) >= 11 is 1.23. The van der Waals surface area contributed by atoms with Crippen LogP contribution < -0.4 is 4.72 Å². The molecule has 1 unspecified atom stereocenters. The Kier molecular flexibility index (Phi) is 6.68. The minimum atomic E-state index is -4.78. The normalized spacial score (nSPS) is 12.8. The molecule has 13 heteroatoms. The van der Waals surface area contributed by atoms with Crippen LogP contribution in [0.1, 0.15) is 18.3 Å². The number of hydrogen-bond donors (Lipinski definition) is 2. The summed E-state index contributed by atoms with van der Waals surface area (Å²) in [5.41, 5.74) is 0.118. The van der Waals surface area contributed by atoms with Crippen molar-refractivity contribution < 1.29 is 36.2 Å². The van der Waals surface area contributed by atoms with E-state index in [0.717, 1.165) is 6.07 Å². The lowest BCUT2D eigenvalue weighted by atomic mass is 10.2. The van der Waals surface area contributed by atoms with Gasteiger partial charge in [-0.2, -0.15) is 13.2 Å². The molecule has 0 aliphatic rings. The van der Waals surface area contributed by atoms with Crippen LogP contribution in [0.4, 0.5) is 18.9 Å². The number of sulfonamides is 1. The lowest BCUT2D eigenvalue weighted by molar-refractivity contribution is -0.148. The van der Waals surface area contributed by atoms with Gasteiger partial charge in [-0.3, -0.25) is 4.72 Å². The molecule has 3 rings (SSSR count). The molecular weight excluding hydrogens is 471 g/mol. The maximum absolute atomic E-state index is 13.1. The molecule has 0 amide bonds. The van der Waals surface area contributed by atoms with Crippen LogP contribution in [0.2, 0.25) is 0 Å². The van der Waals surface area contributed by atoms with Gasteiger partial charge in [-0.05, 0) is 43.2 Å². The maximum Gasteiger partial charge on any atom is 0.433 e. The Morgan fingerprint density at radius 3 is 2.75 bits per heavy atom. The number of benzene rings is 1. The van der Waals surface area contributed by atoms with E-state index in [9.17, 15) is 26.4 Å². The van der Waals surface area contributed by atoms with E-state index in [2.05, 4.69) is 26.5 Å². The van der Waals surface area contributed by atoms with Gasteiger partial charge in [0.1, 0.15) is 18.0 Å². The number of nitrogens with one attached hydrogen (secondary N) is 1. The first-order valence-electron chi connectivity index (χ1n) is 8.75. The molecule has 2 N–H and O–H groups in total. The monoisotopic (exact) mass is 485 g/mol. The Morgan fingerprint density at radius 1 is 1.31 bits per heavy atom. The van der Waals surface area contributed by atoms with Crippen LogP contribution in [-0.4, -0.2) is 42.2 Å². The summed E-state index contributed by atoms with van der Waals surface area (Å²) in [7, 11) is -4.18. The van der Waals surface area contributed by atoms with E-state index in [1.165, 1.54) is 36.5 Å². The van der Waals surface area contributed by atoms with E-state index >= 15 is 0 Å². The number of pyridine rings is 1.